The minimum absolute atomic E-state index is 0. The van der Waals surface area contributed by atoms with Gasteiger partial charge in [-0.1, -0.05) is 51.4 Å². The average molecular weight is 581 g/mol. The fraction of sp³-hybridized carbons (Fsp3) is 1.00. The van der Waals surface area contributed by atoms with Crippen LogP contribution < -0.4 is 0 Å². The second-order valence-electron chi connectivity index (χ2n) is 7.38. The van der Waals surface area contributed by atoms with Gasteiger partial charge in [0.05, 0.1) is 0 Å². The third-order valence-corrected chi connectivity index (χ3v) is 6.55. The van der Waals surface area contributed by atoms with Crippen LogP contribution in [0.5, 0.6) is 0 Å². The van der Waals surface area contributed by atoms with Gasteiger partial charge < -0.3 is 21.3 Å². The quantitative estimate of drug-likeness (QED) is 0.218. The normalized spacial score (nSPS) is 24.4. The molecule has 0 N–H and O–H groups in total. The number of alkyl halides is 4. The molecule has 0 radical (unpaired) electrons. The summed E-state index contributed by atoms with van der Waals surface area (Å²) < 4.78 is 0. The van der Waals surface area contributed by atoms with E-state index in [4.69, 9.17) is 46.4 Å². The topological polar surface area (TPSA) is 56.4 Å². The van der Waals surface area contributed by atoms with Crippen LogP contribution in [-0.2, 0) is 20.4 Å². The van der Waals surface area contributed by atoms with Crippen LogP contribution in [0, 0.1) is 0 Å². The average Bonchev–Trinajstić information content (AvgIpc) is 2.72. The van der Waals surface area contributed by atoms with E-state index in [0.29, 0.717) is 21.5 Å². The molecule has 4 saturated heterocycles. The van der Waals surface area contributed by atoms with E-state index in [-0.39, 0.29) is 20.4 Å². The number of hydrogen-bond donors (Lipinski definition) is 0. The Balaban J connectivity index is 0.000000356. The first-order chi connectivity index (χ1) is 13.6. The zero-order valence-corrected chi connectivity index (χ0v) is 21.8. The third-order valence-electron chi connectivity index (χ3n) is 4.80. The summed E-state index contributed by atoms with van der Waals surface area (Å²) in [5, 5.41) is 18.2. The van der Waals surface area contributed by atoms with Crippen molar-refractivity contribution in [2.75, 3.05) is 52.4 Å². The summed E-state index contributed by atoms with van der Waals surface area (Å²) in [5.74, 6) is 0. The maximum Gasteiger partial charge on any atom is 2.00 e. The van der Waals surface area contributed by atoms with Crippen molar-refractivity contribution in [3.63, 3.8) is 0 Å². The summed E-state index contributed by atoms with van der Waals surface area (Å²) >= 11 is 23.0. The van der Waals surface area contributed by atoms with Gasteiger partial charge in [-0.2, -0.15) is 0 Å². The molecule has 0 aromatic carbocycles. The largest absolute Gasteiger partial charge is 2.00 e. The van der Waals surface area contributed by atoms with E-state index in [1.807, 2.05) is 0 Å². The molecule has 0 saturated carbocycles. The number of rotatable bonds is 0. The standard InChI is InChI=1S/4C5H9ClN.Pd/c4*6-5-1-3-7-4-2-5;/h4*5H,1-4H2;/q4*-1;+2. The van der Waals surface area contributed by atoms with Gasteiger partial charge in [0, 0.05) is 21.5 Å². The first-order valence-electron chi connectivity index (χ1n) is 10.7. The molecule has 0 unspecified atom stereocenters. The first-order valence-corrected chi connectivity index (χ1v) is 12.4. The van der Waals surface area contributed by atoms with Gasteiger partial charge in [0.25, 0.3) is 0 Å². The molecule has 0 bridgehead atoms. The van der Waals surface area contributed by atoms with E-state index in [0.717, 1.165) is 104 Å². The number of hydrogen-bond acceptors (Lipinski definition) is 0. The molecule has 0 aromatic heterocycles. The molecule has 0 atom stereocenters. The Morgan fingerprint density at radius 1 is 0.345 bits per heavy atom. The molecule has 29 heavy (non-hydrogen) atoms. The van der Waals surface area contributed by atoms with Gasteiger partial charge in [-0.3, -0.25) is 0 Å². The Morgan fingerprint density at radius 2 is 0.483 bits per heavy atom. The predicted molar refractivity (Wildman–Crippen MR) is 128 cm³/mol. The van der Waals surface area contributed by atoms with Crippen LogP contribution in [-0.4, -0.2) is 73.9 Å². The monoisotopic (exact) mass is 578 g/mol. The summed E-state index contributed by atoms with van der Waals surface area (Å²) in [7, 11) is 0. The maximum atomic E-state index is 5.76. The summed E-state index contributed by atoms with van der Waals surface area (Å²) in [5.41, 5.74) is 0. The van der Waals surface area contributed by atoms with Crippen LogP contribution in [0.1, 0.15) is 51.4 Å². The van der Waals surface area contributed by atoms with Crippen LogP contribution in [0.15, 0.2) is 0 Å². The number of halogens is 4. The van der Waals surface area contributed by atoms with Gasteiger partial charge in [-0.05, 0) is 0 Å². The van der Waals surface area contributed by atoms with Crippen LogP contribution in [0.2, 0.25) is 0 Å². The van der Waals surface area contributed by atoms with Gasteiger partial charge in [0.2, 0.25) is 0 Å². The Morgan fingerprint density at radius 3 is 0.552 bits per heavy atom. The van der Waals surface area contributed by atoms with Gasteiger partial charge in [-0.15, -0.1) is 98.8 Å². The van der Waals surface area contributed by atoms with Crippen molar-refractivity contribution in [2.24, 2.45) is 0 Å². The van der Waals surface area contributed by atoms with E-state index in [9.17, 15) is 0 Å². The van der Waals surface area contributed by atoms with Crippen LogP contribution in [0.3, 0.4) is 0 Å². The van der Waals surface area contributed by atoms with Crippen molar-refractivity contribution in [3.8, 4) is 0 Å². The Labute approximate surface area is 212 Å². The van der Waals surface area contributed by atoms with Crippen LogP contribution >= 0.6 is 46.4 Å². The second-order valence-corrected chi connectivity index (χ2v) is 9.85. The molecule has 4 nitrogen and oxygen atoms in total. The fourth-order valence-corrected chi connectivity index (χ4v) is 3.66. The SMILES string of the molecule is ClC1CC[N-]CC1.ClC1CC[N-]CC1.ClC1CC[N-]CC1.ClC1CC[N-]CC1.[Pd+2]. The smallest absolute Gasteiger partial charge is 0.662 e. The van der Waals surface area contributed by atoms with Crippen molar-refractivity contribution in [2.45, 2.75) is 72.9 Å². The molecule has 0 aliphatic carbocycles. The maximum absolute atomic E-state index is 5.76. The minimum atomic E-state index is 0. The minimum Gasteiger partial charge on any atom is -0.662 e. The molecule has 4 aliphatic heterocycles. The van der Waals surface area contributed by atoms with Gasteiger partial charge in [-0.25, -0.2) is 0 Å². The Bertz CT molecular complexity index is 270. The molecule has 4 fully saturated rings. The molecule has 0 aromatic rings. The van der Waals surface area contributed by atoms with Crippen LogP contribution in [0.25, 0.3) is 21.3 Å². The van der Waals surface area contributed by atoms with E-state index >= 15 is 0 Å². The number of piperidine rings is 4. The molecule has 0 amide bonds. The fourth-order valence-electron chi connectivity index (χ4n) is 2.88. The first kappa shape index (κ1) is 30.7. The van der Waals surface area contributed by atoms with Crippen molar-refractivity contribution in [1.82, 2.24) is 0 Å². The van der Waals surface area contributed by atoms with Crippen molar-refractivity contribution in [1.29, 1.82) is 0 Å². The molecule has 176 valence electrons. The molecule has 4 rings (SSSR count). The summed E-state index contributed by atoms with van der Waals surface area (Å²) in [4.78, 5) is 0. The Hall–Kier alpha value is 1.66. The van der Waals surface area contributed by atoms with E-state index in [1.165, 1.54) is 0 Å². The molecule has 4 aliphatic rings. The summed E-state index contributed by atoms with van der Waals surface area (Å²) in [6, 6.07) is 0. The number of nitrogens with zero attached hydrogens (tertiary/aromatic N) is 4. The van der Waals surface area contributed by atoms with Gasteiger partial charge in [0.15, 0.2) is 0 Å². The van der Waals surface area contributed by atoms with Crippen molar-refractivity contribution >= 4 is 46.4 Å². The van der Waals surface area contributed by atoms with E-state index < -0.39 is 0 Å². The third kappa shape index (κ3) is 20.0. The van der Waals surface area contributed by atoms with E-state index in [1.54, 1.807) is 0 Å². The summed E-state index contributed by atoms with van der Waals surface area (Å²) in [6.45, 7) is 7.84. The van der Waals surface area contributed by atoms with Crippen LogP contribution in [0.4, 0.5) is 0 Å². The van der Waals surface area contributed by atoms with E-state index in [2.05, 4.69) is 21.3 Å². The van der Waals surface area contributed by atoms with Crippen molar-refractivity contribution < 1.29 is 20.4 Å². The summed E-state index contributed by atoms with van der Waals surface area (Å²) in [6.07, 6.45) is 8.68. The van der Waals surface area contributed by atoms with Gasteiger partial charge in [0.1, 0.15) is 0 Å². The zero-order chi connectivity index (χ0) is 20.5. The molecule has 0 spiro atoms. The zero-order valence-electron chi connectivity index (χ0n) is 17.2. The molecule has 4 heterocycles. The van der Waals surface area contributed by atoms with Gasteiger partial charge >= 0.3 is 20.4 Å². The molecular weight excluding hydrogens is 544 g/mol. The Kier molecular flexibility index (Phi) is 22.7. The van der Waals surface area contributed by atoms with Crippen molar-refractivity contribution in [3.05, 3.63) is 21.3 Å². The molecule has 9 heteroatoms. The second kappa shape index (κ2) is 21.5. The predicted octanol–water partition coefficient (Wildman–Crippen LogP) is 7.04. The molecular formula is C20H36Cl4N4Pd-2.